The number of hydrogen-bond acceptors (Lipinski definition) is 6. The molecule has 0 spiro atoms. The fraction of sp³-hybridized carbons (Fsp3) is 0.353. The average molecular weight is 361 g/mol. The number of rotatable bonds is 7. The van der Waals surface area contributed by atoms with Gasteiger partial charge in [-0.25, -0.2) is 4.79 Å². The van der Waals surface area contributed by atoms with E-state index in [0.717, 1.165) is 4.90 Å². The van der Waals surface area contributed by atoms with Gasteiger partial charge in [-0.1, -0.05) is 12.1 Å². The molecule has 2 rings (SSSR count). The number of carbonyl (C=O) groups excluding carboxylic acids is 5. The van der Waals surface area contributed by atoms with Crippen molar-refractivity contribution in [2.45, 2.75) is 19.9 Å². The van der Waals surface area contributed by atoms with Crippen molar-refractivity contribution in [3.05, 3.63) is 35.4 Å². The average Bonchev–Trinajstić information content (AvgIpc) is 2.88. The summed E-state index contributed by atoms with van der Waals surface area (Å²) in [5.74, 6) is -3.11. The molecular weight excluding hydrogens is 342 g/mol. The van der Waals surface area contributed by atoms with Gasteiger partial charge in [0.2, 0.25) is 5.91 Å². The molecule has 4 amide bonds. The molecule has 0 bridgehead atoms. The molecule has 1 atom stereocenters. The first-order chi connectivity index (χ1) is 12.4. The van der Waals surface area contributed by atoms with E-state index in [2.05, 4.69) is 10.6 Å². The van der Waals surface area contributed by atoms with Gasteiger partial charge in [0.25, 0.3) is 17.7 Å². The van der Waals surface area contributed by atoms with E-state index in [1.54, 1.807) is 19.1 Å². The molecule has 1 heterocycles. The summed E-state index contributed by atoms with van der Waals surface area (Å²) in [6.07, 6.45) is 0. The Balaban J connectivity index is 1.89. The van der Waals surface area contributed by atoms with Gasteiger partial charge >= 0.3 is 5.97 Å². The van der Waals surface area contributed by atoms with Crippen molar-refractivity contribution >= 4 is 29.6 Å². The number of nitrogens with zero attached hydrogens (tertiary/aromatic N) is 1. The van der Waals surface area contributed by atoms with Crippen molar-refractivity contribution in [2.75, 3.05) is 19.7 Å². The smallest absolute Gasteiger partial charge is 0.329 e. The van der Waals surface area contributed by atoms with Gasteiger partial charge in [0.1, 0.15) is 6.04 Å². The number of fused-ring (bicyclic) bond motifs is 1. The number of imide groups is 1. The van der Waals surface area contributed by atoms with Gasteiger partial charge in [-0.05, 0) is 26.0 Å². The minimum absolute atomic E-state index is 0.219. The monoisotopic (exact) mass is 361 g/mol. The van der Waals surface area contributed by atoms with Crippen molar-refractivity contribution in [3.63, 3.8) is 0 Å². The molecule has 1 aromatic rings. The van der Waals surface area contributed by atoms with Crippen molar-refractivity contribution in [1.82, 2.24) is 15.5 Å². The van der Waals surface area contributed by atoms with Crippen LogP contribution in [0.5, 0.6) is 0 Å². The molecule has 26 heavy (non-hydrogen) atoms. The number of benzene rings is 1. The van der Waals surface area contributed by atoms with Crippen LogP contribution in [0.25, 0.3) is 0 Å². The van der Waals surface area contributed by atoms with Crippen molar-refractivity contribution in [2.24, 2.45) is 0 Å². The lowest BCUT2D eigenvalue weighted by molar-refractivity contribution is -0.151. The van der Waals surface area contributed by atoms with Crippen LogP contribution in [0.15, 0.2) is 24.3 Å². The quantitative estimate of drug-likeness (QED) is 0.497. The highest BCUT2D eigenvalue weighted by molar-refractivity contribution is 6.22. The molecule has 2 N–H and O–H groups in total. The Labute approximate surface area is 149 Å². The number of carbonyl (C=O) groups is 5. The summed E-state index contributed by atoms with van der Waals surface area (Å²) in [5, 5.41) is 4.78. The second-order valence-corrected chi connectivity index (χ2v) is 5.54. The summed E-state index contributed by atoms with van der Waals surface area (Å²) in [5.41, 5.74) is 0.439. The molecule has 1 aliphatic heterocycles. The second kappa shape index (κ2) is 8.24. The summed E-state index contributed by atoms with van der Waals surface area (Å²) in [6, 6.07) is 5.06. The first kappa shape index (κ1) is 19.1. The van der Waals surface area contributed by atoms with Gasteiger partial charge in [0, 0.05) is 6.54 Å². The lowest BCUT2D eigenvalue weighted by Gasteiger charge is -2.20. The van der Waals surface area contributed by atoms with Gasteiger partial charge in [0.15, 0.2) is 6.61 Å². The van der Waals surface area contributed by atoms with Crippen LogP contribution in [-0.4, -0.2) is 60.2 Å². The Kier molecular flexibility index (Phi) is 6.05. The molecule has 0 saturated heterocycles. The topological polar surface area (TPSA) is 122 Å². The molecule has 0 aromatic heterocycles. The molecule has 0 fully saturated rings. The molecule has 1 aromatic carbocycles. The highest BCUT2D eigenvalue weighted by Gasteiger charge is 2.41. The summed E-state index contributed by atoms with van der Waals surface area (Å²) in [6.45, 7) is 2.66. The Bertz CT molecular complexity index is 726. The number of ether oxygens (including phenoxy) is 1. The zero-order valence-electron chi connectivity index (χ0n) is 14.4. The SMILES string of the molecule is CCNC(=O)CNC(=O)COC(=O)[C@H](C)N1C(=O)c2ccccc2C1=O. The minimum Gasteiger partial charge on any atom is -0.454 e. The van der Waals surface area contributed by atoms with Gasteiger partial charge < -0.3 is 15.4 Å². The van der Waals surface area contributed by atoms with Gasteiger partial charge in [-0.2, -0.15) is 0 Å². The fourth-order valence-electron chi connectivity index (χ4n) is 2.41. The second-order valence-electron chi connectivity index (χ2n) is 5.54. The van der Waals surface area contributed by atoms with Crippen LogP contribution in [-0.2, 0) is 19.1 Å². The van der Waals surface area contributed by atoms with Crippen LogP contribution in [0, 0.1) is 0 Å². The maximum Gasteiger partial charge on any atom is 0.329 e. The first-order valence-electron chi connectivity index (χ1n) is 8.03. The lowest BCUT2D eigenvalue weighted by atomic mass is 10.1. The molecule has 0 saturated carbocycles. The van der Waals surface area contributed by atoms with E-state index in [1.807, 2.05) is 0 Å². The maximum absolute atomic E-state index is 12.3. The van der Waals surface area contributed by atoms with E-state index < -0.39 is 36.3 Å². The predicted molar refractivity (Wildman–Crippen MR) is 89.1 cm³/mol. The van der Waals surface area contributed by atoms with Crippen LogP contribution >= 0.6 is 0 Å². The third-order valence-electron chi connectivity index (χ3n) is 3.72. The Morgan fingerprint density at radius 3 is 2.15 bits per heavy atom. The third kappa shape index (κ3) is 4.05. The van der Waals surface area contributed by atoms with Crippen molar-refractivity contribution in [3.8, 4) is 0 Å². The predicted octanol–water partition coefficient (Wildman–Crippen LogP) is -0.533. The summed E-state index contributed by atoms with van der Waals surface area (Å²) < 4.78 is 4.84. The number of nitrogens with one attached hydrogen (secondary N) is 2. The van der Waals surface area contributed by atoms with Crippen molar-refractivity contribution < 1.29 is 28.7 Å². The van der Waals surface area contributed by atoms with E-state index in [-0.39, 0.29) is 23.6 Å². The third-order valence-corrected chi connectivity index (χ3v) is 3.72. The largest absolute Gasteiger partial charge is 0.454 e. The molecule has 0 radical (unpaired) electrons. The maximum atomic E-state index is 12.3. The standard InChI is InChI=1S/C17H19N3O6/c1-3-18-13(21)8-19-14(22)9-26-17(25)10(2)20-15(23)11-6-4-5-7-12(11)16(20)24/h4-7,10H,3,8-9H2,1-2H3,(H,18,21)(H,19,22)/t10-/m0/s1. The molecule has 9 nitrogen and oxygen atoms in total. The molecule has 0 aliphatic carbocycles. The van der Waals surface area contributed by atoms with Crippen LogP contribution in [0.2, 0.25) is 0 Å². The normalized spacial score (nSPS) is 13.8. The first-order valence-corrected chi connectivity index (χ1v) is 8.03. The minimum atomic E-state index is -1.18. The summed E-state index contributed by atoms with van der Waals surface area (Å²) >= 11 is 0. The van der Waals surface area contributed by atoms with Crippen LogP contribution in [0.3, 0.4) is 0 Å². The Morgan fingerprint density at radius 1 is 1.04 bits per heavy atom. The van der Waals surface area contributed by atoms with Crippen LogP contribution in [0.4, 0.5) is 0 Å². The highest BCUT2D eigenvalue weighted by atomic mass is 16.5. The molecular formula is C17H19N3O6. The molecule has 1 aliphatic rings. The zero-order chi connectivity index (χ0) is 19.3. The number of amides is 4. The zero-order valence-corrected chi connectivity index (χ0v) is 14.4. The number of likely N-dealkylation sites (N-methyl/N-ethyl adjacent to an activating group) is 1. The van der Waals surface area contributed by atoms with E-state index in [1.165, 1.54) is 19.1 Å². The van der Waals surface area contributed by atoms with E-state index in [0.29, 0.717) is 6.54 Å². The lowest BCUT2D eigenvalue weighted by Crippen LogP contribution is -2.45. The fourth-order valence-corrected chi connectivity index (χ4v) is 2.41. The van der Waals surface area contributed by atoms with E-state index in [4.69, 9.17) is 4.74 Å². The van der Waals surface area contributed by atoms with Crippen LogP contribution in [0.1, 0.15) is 34.6 Å². The Hall–Kier alpha value is -3.23. The summed E-state index contributed by atoms with van der Waals surface area (Å²) in [4.78, 5) is 60.3. The van der Waals surface area contributed by atoms with Gasteiger partial charge in [0.05, 0.1) is 17.7 Å². The van der Waals surface area contributed by atoms with Gasteiger partial charge in [-0.3, -0.25) is 24.1 Å². The van der Waals surface area contributed by atoms with Crippen LogP contribution < -0.4 is 10.6 Å². The van der Waals surface area contributed by atoms with E-state index >= 15 is 0 Å². The van der Waals surface area contributed by atoms with Crippen molar-refractivity contribution in [1.29, 1.82) is 0 Å². The van der Waals surface area contributed by atoms with E-state index in [9.17, 15) is 24.0 Å². The van der Waals surface area contributed by atoms with Gasteiger partial charge in [-0.15, -0.1) is 0 Å². The Morgan fingerprint density at radius 2 is 1.62 bits per heavy atom. The number of hydrogen-bond donors (Lipinski definition) is 2. The highest BCUT2D eigenvalue weighted by Crippen LogP contribution is 2.24. The molecule has 9 heteroatoms. The molecule has 138 valence electrons. The summed E-state index contributed by atoms with van der Waals surface area (Å²) in [7, 11) is 0. The molecule has 0 unspecified atom stereocenters. The number of esters is 1.